The average molecular weight is 194 g/mol. The Morgan fingerprint density at radius 3 is 2.93 bits per heavy atom. The van der Waals surface area contributed by atoms with E-state index in [9.17, 15) is 9.18 Å². The van der Waals surface area contributed by atoms with Crippen LogP contribution in [0.5, 0.6) is 0 Å². The standard InChI is InChI=1S/C11H11FO2/c12-11-8(6-10(13)14)5-4-7-2-1-3-9(7)11/h4-5H,1-3,6H2,(H,13,14). The second-order valence-corrected chi connectivity index (χ2v) is 3.60. The van der Waals surface area contributed by atoms with E-state index in [0.717, 1.165) is 30.4 Å². The number of aliphatic carboxylic acids is 1. The Balaban J connectivity index is 2.39. The second kappa shape index (κ2) is 3.40. The topological polar surface area (TPSA) is 37.3 Å². The normalized spacial score (nSPS) is 14.1. The van der Waals surface area contributed by atoms with Gasteiger partial charge in [0.05, 0.1) is 6.42 Å². The molecule has 2 rings (SSSR count). The summed E-state index contributed by atoms with van der Waals surface area (Å²) in [5, 5.41) is 8.57. The van der Waals surface area contributed by atoms with Gasteiger partial charge in [-0.1, -0.05) is 12.1 Å². The summed E-state index contributed by atoms with van der Waals surface area (Å²) < 4.78 is 13.7. The zero-order chi connectivity index (χ0) is 10.1. The number of fused-ring (bicyclic) bond motifs is 1. The molecule has 2 nitrogen and oxygen atoms in total. The van der Waals surface area contributed by atoms with Crippen molar-refractivity contribution in [2.75, 3.05) is 0 Å². The molecule has 0 unspecified atom stereocenters. The molecule has 74 valence electrons. The molecular weight excluding hydrogens is 183 g/mol. The molecule has 3 heteroatoms. The van der Waals surface area contributed by atoms with Crippen LogP contribution in [-0.2, 0) is 24.1 Å². The number of carbonyl (C=O) groups is 1. The van der Waals surface area contributed by atoms with Gasteiger partial charge >= 0.3 is 5.97 Å². The molecule has 1 aromatic rings. The first-order valence-electron chi connectivity index (χ1n) is 4.69. The van der Waals surface area contributed by atoms with E-state index >= 15 is 0 Å². The Morgan fingerprint density at radius 1 is 1.43 bits per heavy atom. The van der Waals surface area contributed by atoms with E-state index in [0.29, 0.717) is 5.56 Å². The van der Waals surface area contributed by atoms with Crippen LogP contribution in [-0.4, -0.2) is 11.1 Å². The smallest absolute Gasteiger partial charge is 0.307 e. The number of halogens is 1. The van der Waals surface area contributed by atoms with Gasteiger partial charge in [0.15, 0.2) is 0 Å². The number of carboxylic acid groups (broad SMARTS) is 1. The van der Waals surface area contributed by atoms with Crippen molar-refractivity contribution in [1.29, 1.82) is 0 Å². The molecule has 1 aliphatic rings. The molecule has 1 aromatic carbocycles. The highest BCUT2D eigenvalue weighted by molar-refractivity contribution is 5.70. The summed E-state index contributed by atoms with van der Waals surface area (Å²) in [7, 11) is 0. The van der Waals surface area contributed by atoms with E-state index in [4.69, 9.17) is 5.11 Å². The van der Waals surface area contributed by atoms with Gasteiger partial charge in [-0.3, -0.25) is 4.79 Å². The maximum Gasteiger partial charge on any atom is 0.307 e. The average Bonchev–Trinajstić information content (AvgIpc) is 2.57. The third-order valence-electron chi connectivity index (χ3n) is 2.63. The molecule has 0 radical (unpaired) electrons. The molecule has 0 spiro atoms. The van der Waals surface area contributed by atoms with Crippen LogP contribution in [0.3, 0.4) is 0 Å². The molecule has 0 aromatic heterocycles. The van der Waals surface area contributed by atoms with Crippen molar-refractivity contribution in [2.45, 2.75) is 25.7 Å². The van der Waals surface area contributed by atoms with Crippen molar-refractivity contribution < 1.29 is 14.3 Å². The van der Waals surface area contributed by atoms with Crippen LogP contribution >= 0.6 is 0 Å². The van der Waals surface area contributed by atoms with E-state index in [1.54, 1.807) is 6.07 Å². The summed E-state index contributed by atoms with van der Waals surface area (Å²) in [4.78, 5) is 10.5. The fourth-order valence-electron chi connectivity index (χ4n) is 1.97. The summed E-state index contributed by atoms with van der Waals surface area (Å²) in [6.45, 7) is 0. The Hall–Kier alpha value is -1.38. The number of hydrogen-bond acceptors (Lipinski definition) is 1. The van der Waals surface area contributed by atoms with Crippen LogP contribution in [0.25, 0.3) is 0 Å². The van der Waals surface area contributed by atoms with Gasteiger partial charge in [-0.15, -0.1) is 0 Å². The highest BCUT2D eigenvalue weighted by Crippen LogP contribution is 2.26. The number of rotatable bonds is 2. The lowest BCUT2D eigenvalue weighted by atomic mass is 10.0. The minimum atomic E-state index is -0.984. The van der Waals surface area contributed by atoms with Crippen LogP contribution in [0.4, 0.5) is 4.39 Å². The van der Waals surface area contributed by atoms with Gasteiger partial charge in [0, 0.05) is 0 Å². The van der Waals surface area contributed by atoms with Crippen molar-refractivity contribution in [3.63, 3.8) is 0 Å². The predicted molar refractivity (Wildman–Crippen MR) is 49.8 cm³/mol. The second-order valence-electron chi connectivity index (χ2n) is 3.60. The molecule has 0 bridgehead atoms. The van der Waals surface area contributed by atoms with E-state index in [2.05, 4.69) is 0 Å². The summed E-state index contributed by atoms with van der Waals surface area (Å²) >= 11 is 0. The monoisotopic (exact) mass is 194 g/mol. The molecule has 1 N–H and O–H groups in total. The molecule has 1 aliphatic carbocycles. The summed E-state index contributed by atoms with van der Waals surface area (Å²) in [5.74, 6) is -1.29. The molecule has 14 heavy (non-hydrogen) atoms. The zero-order valence-corrected chi connectivity index (χ0v) is 7.72. The minimum absolute atomic E-state index is 0.223. The predicted octanol–water partition coefficient (Wildman–Crippen LogP) is 1.94. The first kappa shape index (κ1) is 9.19. The maximum atomic E-state index is 13.7. The van der Waals surface area contributed by atoms with Crippen LogP contribution < -0.4 is 0 Å². The SMILES string of the molecule is O=C(O)Cc1ccc2c(c1F)CCC2. The van der Waals surface area contributed by atoms with E-state index in [1.807, 2.05) is 6.07 Å². The van der Waals surface area contributed by atoms with Crippen molar-refractivity contribution in [3.8, 4) is 0 Å². The van der Waals surface area contributed by atoms with Gasteiger partial charge in [0.1, 0.15) is 5.82 Å². The lowest BCUT2D eigenvalue weighted by Gasteiger charge is -2.05. The summed E-state index contributed by atoms with van der Waals surface area (Å²) in [6.07, 6.45) is 2.41. The molecule has 0 saturated carbocycles. The van der Waals surface area contributed by atoms with Gasteiger partial charge in [-0.25, -0.2) is 4.39 Å². The fraction of sp³-hybridized carbons (Fsp3) is 0.364. The molecule has 0 amide bonds. The molecule has 0 fully saturated rings. The lowest BCUT2D eigenvalue weighted by Crippen LogP contribution is -2.04. The first-order chi connectivity index (χ1) is 6.68. The molecule has 0 heterocycles. The minimum Gasteiger partial charge on any atom is -0.481 e. The molecule has 0 aliphatic heterocycles. The van der Waals surface area contributed by atoms with Gasteiger partial charge in [-0.2, -0.15) is 0 Å². The number of benzene rings is 1. The van der Waals surface area contributed by atoms with Gasteiger partial charge < -0.3 is 5.11 Å². The highest BCUT2D eigenvalue weighted by atomic mass is 19.1. The number of hydrogen-bond donors (Lipinski definition) is 1. The highest BCUT2D eigenvalue weighted by Gasteiger charge is 2.18. The lowest BCUT2D eigenvalue weighted by molar-refractivity contribution is -0.136. The third kappa shape index (κ3) is 1.50. The summed E-state index contributed by atoms with van der Waals surface area (Å²) in [5.41, 5.74) is 2.07. The van der Waals surface area contributed by atoms with Crippen molar-refractivity contribution in [3.05, 3.63) is 34.6 Å². The maximum absolute atomic E-state index is 13.7. The van der Waals surface area contributed by atoms with Crippen LogP contribution in [0.1, 0.15) is 23.1 Å². The van der Waals surface area contributed by atoms with Gasteiger partial charge in [0.25, 0.3) is 0 Å². The Kier molecular flexibility index (Phi) is 2.23. The Bertz CT molecular complexity index is 385. The van der Waals surface area contributed by atoms with Crippen LogP contribution in [0.15, 0.2) is 12.1 Å². The van der Waals surface area contributed by atoms with Gasteiger partial charge in [0.2, 0.25) is 0 Å². The van der Waals surface area contributed by atoms with Crippen LogP contribution in [0, 0.1) is 5.82 Å². The van der Waals surface area contributed by atoms with Gasteiger partial charge in [-0.05, 0) is 36.0 Å². The van der Waals surface area contributed by atoms with Crippen molar-refractivity contribution >= 4 is 5.97 Å². The largest absolute Gasteiger partial charge is 0.481 e. The Labute approximate surface area is 81.4 Å². The number of aryl methyl sites for hydroxylation is 1. The Morgan fingerprint density at radius 2 is 2.21 bits per heavy atom. The molecular formula is C11H11FO2. The third-order valence-corrected chi connectivity index (χ3v) is 2.63. The van der Waals surface area contributed by atoms with E-state index < -0.39 is 5.97 Å². The molecule has 0 atom stereocenters. The van der Waals surface area contributed by atoms with Crippen molar-refractivity contribution in [1.82, 2.24) is 0 Å². The summed E-state index contributed by atoms with van der Waals surface area (Å²) in [6, 6.07) is 3.44. The van der Waals surface area contributed by atoms with Crippen LogP contribution in [0.2, 0.25) is 0 Å². The van der Waals surface area contributed by atoms with Crippen molar-refractivity contribution in [2.24, 2.45) is 0 Å². The zero-order valence-electron chi connectivity index (χ0n) is 7.72. The van der Waals surface area contributed by atoms with E-state index in [1.165, 1.54) is 0 Å². The quantitative estimate of drug-likeness (QED) is 0.781. The fourth-order valence-corrected chi connectivity index (χ4v) is 1.97. The van der Waals surface area contributed by atoms with E-state index in [-0.39, 0.29) is 12.2 Å². The first-order valence-corrected chi connectivity index (χ1v) is 4.69. The molecule has 0 saturated heterocycles. The number of carboxylic acids is 1.